The standard InChI is InChI=1S/C8H14ClN3O/c1-4-8(2,13-3)7-10-6(5-9)11-12-7/h4-5H2,1-3H3,(H,10,11,12). The molecule has 5 heteroatoms. The minimum Gasteiger partial charge on any atom is -0.370 e. The van der Waals surface area contributed by atoms with Crippen LogP contribution in [0.25, 0.3) is 0 Å². The number of hydrogen-bond acceptors (Lipinski definition) is 3. The molecule has 0 aliphatic carbocycles. The van der Waals surface area contributed by atoms with Crippen LogP contribution in [0.4, 0.5) is 0 Å². The van der Waals surface area contributed by atoms with E-state index in [4.69, 9.17) is 16.3 Å². The Kier molecular flexibility index (Phi) is 3.27. The van der Waals surface area contributed by atoms with E-state index in [1.807, 2.05) is 13.8 Å². The summed E-state index contributed by atoms with van der Waals surface area (Å²) in [6.45, 7) is 3.98. The molecule has 1 unspecified atom stereocenters. The summed E-state index contributed by atoms with van der Waals surface area (Å²) in [5.74, 6) is 1.68. The molecule has 1 N–H and O–H groups in total. The predicted octanol–water partition coefficient (Wildman–Crippen LogP) is 1.82. The third kappa shape index (κ3) is 2.00. The van der Waals surface area contributed by atoms with E-state index in [0.717, 1.165) is 6.42 Å². The van der Waals surface area contributed by atoms with Crippen molar-refractivity contribution in [1.82, 2.24) is 15.2 Å². The van der Waals surface area contributed by atoms with Crippen LogP contribution in [-0.2, 0) is 16.2 Å². The fourth-order valence-corrected chi connectivity index (χ4v) is 1.10. The maximum Gasteiger partial charge on any atom is 0.182 e. The SMILES string of the molecule is CCC(C)(OC)c1n[nH]c(CCl)n1. The maximum absolute atomic E-state index is 5.60. The average molecular weight is 204 g/mol. The van der Waals surface area contributed by atoms with E-state index < -0.39 is 5.60 Å². The van der Waals surface area contributed by atoms with Crippen molar-refractivity contribution < 1.29 is 4.74 Å². The highest BCUT2D eigenvalue weighted by Gasteiger charge is 2.28. The zero-order chi connectivity index (χ0) is 9.90. The van der Waals surface area contributed by atoms with Crippen molar-refractivity contribution in [3.05, 3.63) is 11.6 Å². The molecule has 0 amide bonds. The number of nitrogens with one attached hydrogen (secondary N) is 1. The predicted molar refractivity (Wildman–Crippen MR) is 50.6 cm³/mol. The monoisotopic (exact) mass is 203 g/mol. The molecule has 0 saturated heterocycles. The molecule has 1 aromatic heterocycles. The Balaban J connectivity index is 2.91. The van der Waals surface area contributed by atoms with E-state index in [0.29, 0.717) is 17.5 Å². The lowest BCUT2D eigenvalue weighted by Gasteiger charge is -2.22. The second-order valence-electron chi connectivity index (χ2n) is 3.03. The Labute approximate surface area is 82.7 Å². The third-order valence-corrected chi connectivity index (χ3v) is 2.51. The summed E-state index contributed by atoms with van der Waals surface area (Å²) >= 11 is 5.60. The highest BCUT2D eigenvalue weighted by atomic mass is 35.5. The van der Waals surface area contributed by atoms with Crippen LogP contribution >= 0.6 is 11.6 Å². The van der Waals surface area contributed by atoms with Crippen LogP contribution in [0.5, 0.6) is 0 Å². The van der Waals surface area contributed by atoms with Gasteiger partial charge in [-0.3, -0.25) is 5.10 Å². The second kappa shape index (κ2) is 4.07. The van der Waals surface area contributed by atoms with Crippen molar-refractivity contribution in [3.8, 4) is 0 Å². The minimum absolute atomic E-state index is 0.344. The van der Waals surface area contributed by atoms with Crippen LogP contribution in [0.3, 0.4) is 0 Å². The van der Waals surface area contributed by atoms with Crippen LogP contribution in [-0.4, -0.2) is 22.3 Å². The van der Waals surface area contributed by atoms with Gasteiger partial charge in [-0.05, 0) is 13.3 Å². The van der Waals surface area contributed by atoms with E-state index in [2.05, 4.69) is 15.2 Å². The Morgan fingerprint density at radius 1 is 1.62 bits per heavy atom. The zero-order valence-electron chi connectivity index (χ0n) is 8.09. The maximum atomic E-state index is 5.60. The molecule has 1 rings (SSSR count). The lowest BCUT2D eigenvalue weighted by atomic mass is 10.0. The van der Waals surface area contributed by atoms with Gasteiger partial charge in [-0.15, -0.1) is 11.6 Å². The van der Waals surface area contributed by atoms with Gasteiger partial charge in [0.25, 0.3) is 0 Å². The molecule has 0 fully saturated rings. The van der Waals surface area contributed by atoms with Gasteiger partial charge in [0.2, 0.25) is 0 Å². The molecule has 1 atom stereocenters. The van der Waals surface area contributed by atoms with Crippen molar-refractivity contribution in [2.24, 2.45) is 0 Å². The largest absolute Gasteiger partial charge is 0.370 e. The van der Waals surface area contributed by atoms with Gasteiger partial charge >= 0.3 is 0 Å². The summed E-state index contributed by atoms with van der Waals surface area (Å²) in [5.41, 5.74) is -0.416. The topological polar surface area (TPSA) is 50.8 Å². The first kappa shape index (κ1) is 10.5. The molecular weight excluding hydrogens is 190 g/mol. The number of hydrogen-bond donors (Lipinski definition) is 1. The molecule has 74 valence electrons. The average Bonchev–Trinajstić information content (AvgIpc) is 2.65. The van der Waals surface area contributed by atoms with E-state index in [1.54, 1.807) is 7.11 Å². The van der Waals surface area contributed by atoms with E-state index in [9.17, 15) is 0 Å². The molecule has 0 spiro atoms. The summed E-state index contributed by atoms with van der Waals surface area (Å²) in [4.78, 5) is 4.22. The number of alkyl halides is 1. The Hall–Kier alpha value is -0.610. The van der Waals surface area contributed by atoms with Crippen molar-refractivity contribution >= 4 is 11.6 Å². The number of methoxy groups -OCH3 is 1. The van der Waals surface area contributed by atoms with Crippen molar-refractivity contribution in [2.75, 3.05) is 7.11 Å². The smallest absolute Gasteiger partial charge is 0.182 e. The molecular formula is C8H14ClN3O. The second-order valence-corrected chi connectivity index (χ2v) is 3.30. The minimum atomic E-state index is -0.416. The molecule has 0 radical (unpaired) electrons. The van der Waals surface area contributed by atoms with Crippen molar-refractivity contribution in [2.45, 2.75) is 31.7 Å². The quantitative estimate of drug-likeness (QED) is 0.760. The molecule has 1 aromatic rings. The summed E-state index contributed by atoms with van der Waals surface area (Å²) in [5, 5.41) is 6.81. The van der Waals surface area contributed by atoms with Gasteiger partial charge in [0.15, 0.2) is 5.82 Å². The Bertz CT molecular complexity index is 270. The summed E-state index contributed by atoms with van der Waals surface area (Å²) in [6, 6.07) is 0. The first-order valence-electron chi connectivity index (χ1n) is 4.19. The van der Waals surface area contributed by atoms with Gasteiger partial charge in [-0.25, -0.2) is 4.98 Å². The molecule has 0 saturated carbocycles. The highest BCUT2D eigenvalue weighted by Crippen LogP contribution is 2.24. The molecule has 0 aromatic carbocycles. The number of halogens is 1. The molecule has 4 nitrogen and oxygen atoms in total. The first-order valence-corrected chi connectivity index (χ1v) is 4.72. The van der Waals surface area contributed by atoms with E-state index in [-0.39, 0.29) is 0 Å². The molecule has 13 heavy (non-hydrogen) atoms. The zero-order valence-corrected chi connectivity index (χ0v) is 8.85. The number of aromatic nitrogens is 3. The van der Waals surface area contributed by atoms with Gasteiger partial charge in [0.05, 0.1) is 5.88 Å². The van der Waals surface area contributed by atoms with Crippen molar-refractivity contribution in [3.63, 3.8) is 0 Å². The fourth-order valence-electron chi connectivity index (χ4n) is 0.985. The van der Waals surface area contributed by atoms with Crippen LogP contribution in [0.2, 0.25) is 0 Å². The number of H-pyrrole nitrogens is 1. The van der Waals surface area contributed by atoms with Gasteiger partial charge in [-0.1, -0.05) is 6.92 Å². The lowest BCUT2D eigenvalue weighted by molar-refractivity contribution is -0.00871. The van der Waals surface area contributed by atoms with Gasteiger partial charge < -0.3 is 4.74 Å². The third-order valence-electron chi connectivity index (χ3n) is 2.26. The number of ether oxygens (including phenoxy) is 1. The number of rotatable bonds is 4. The first-order chi connectivity index (χ1) is 6.16. The summed E-state index contributed by atoms with van der Waals surface area (Å²) in [7, 11) is 1.65. The van der Waals surface area contributed by atoms with Crippen LogP contribution < -0.4 is 0 Å². The molecule has 1 heterocycles. The fraction of sp³-hybridized carbons (Fsp3) is 0.750. The summed E-state index contributed by atoms with van der Waals surface area (Å²) < 4.78 is 5.34. The Morgan fingerprint density at radius 3 is 2.69 bits per heavy atom. The van der Waals surface area contributed by atoms with Crippen LogP contribution in [0, 0.1) is 0 Å². The normalized spacial score (nSPS) is 15.7. The lowest BCUT2D eigenvalue weighted by Crippen LogP contribution is -2.24. The molecule has 0 bridgehead atoms. The highest BCUT2D eigenvalue weighted by molar-refractivity contribution is 6.16. The van der Waals surface area contributed by atoms with E-state index in [1.165, 1.54) is 0 Å². The molecule has 0 aliphatic rings. The van der Waals surface area contributed by atoms with Gasteiger partial charge in [0.1, 0.15) is 11.4 Å². The number of nitrogens with zero attached hydrogens (tertiary/aromatic N) is 2. The molecule has 0 aliphatic heterocycles. The number of aromatic amines is 1. The van der Waals surface area contributed by atoms with Crippen LogP contribution in [0.15, 0.2) is 0 Å². The van der Waals surface area contributed by atoms with E-state index >= 15 is 0 Å². The Morgan fingerprint density at radius 2 is 2.31 bits per heavy atom. The van der Waals surface area contributed by atoms with Crippen LogP contribution in [0.1, 0.15) is 31.9 Å². The van der Waals surface area contributed by atoms with Crippen molar-refractivity contribution in [1.29, 1.82) is 0 Å². The van der Waals surface area contributed by atoms with Gasteiger partial charge in [0, 0.05) is 7.11 Å². The van der Waals surface area contributed by atoms with Gasteiger partial charge in [-0.2, -0.15) is 5.10 Å². The summed E-state index contributed by atoms with van der Waals surface area (Å²) in [6.07, 6.45) is 0.822.